The molecule has 0 unspecified atom stereocenters. The molecule has 2 heteroatoms. The quantitative estimate of drug-likeness (QED) is 0.221. The van der Waals surface area contributed by atoms with Crippen LogP contribution in [0.15, 0.2) is 36.5 Å². The molecule has 0 saturated carbocycles. The molecule has 0 nitrogen and oxygen atoms in total. The van der Waals surface area contributed by atoms with E-state index in [1.165, 1.54) is 25.7 Å². The fourth-order valence-corrected chi connectivity index (χ4v) is 0.994. The van der Waals surface area contributed by atoms with E-state index in [2.05, 4.69) is 26.0 Å². The van der Waals surface area contributed by atoms with Gasteiger partial charge in [-0.2, -0.15) is 12.2 Å². The third-order valence-electron chi connectivity index (χ3n) is 1.94. The Hall–Kier alpha value is -0.127. The molecule has 107 valence electrons. The first-order valence-corrected chi connectivity index (χ1v) is 6.23. The van der Waals surface area contributed by atoms with Crippen LogP contribution in [0.3, 0.4) is 0 Å². The van der Waals surface area contributed by atoms with Crippen molar-refractivity contribution in [3.8, 4) is 0 Å². The van der Waals surface area contributed by atoms with Crippen molar-refractivity contribution in [2.24, 2.45) is 0 Å². The van der Waals surface area contributed by atoms with Crippen molar-refractivity contribution in [2.75, 3.05) is 0 Å². The van der Waals surface area contributed by atoms with E-state index in [4.69, 9.17) is 13.2 Å². The zero-order chi connectivity index (χ0) is 12.5. The summed E-state index contributed by atoms with van der Waals surface area (Å²) in [5.74, 6) is 0. The zero-order valence-electron chi connectivity index (χ0n) is 11.6. The first kappa shape index (κ1) is 26.4. The Balaban J connectivity index is -0.0000000980. The van der Waals surface area contributed by atoms with Gasteiger partial charge >= 0.3 is 19.5 Å². The summed E-state index contributed by atoms with van der Waals surface area (Å²) in [4.78, 5) is 0. The maximum absolute atomic E-state index is 5.10. The molecule has 0 aliphatic heterocycles. The molecule has 0 spiro atoms. The van der Waals surface area contributed by atoms with E-state index in [-0.39, 0.29) is 31.9 Å². The number of hydrogen-bond donors (Lipinski definition) is 0. The van der Waals surface area contributed by atoms with Gasteiger partial charge in [0.15, 0.2) is 0 Å². The molecule has 0 aliphatic carbocycles. The molecule has 0 saturated heterocycles. The third kappa shape index (κ3) is 36.0. The van der Waals surface area contributed by atoms with Gasteiger partial charge in [-0.1, -0.05) is 52.4 Å². The van der Waals surface area contributed by atoms with E-state index in [1.54, 1.807) is 12.2 Å². The average molecular weight is 358 g/mol. The molecule has 0 aromatic heterocycles. The Kier molecular flexibility index (Phi) is 44.3. The summed E-state index contributed by atoms with van der Waals surface area (Å²) in [6, 6.07) is 0. The van der Waals surface area contributed by atoms with Crippen LogP contribution in [0.5, 0.6) is 0 Å². The van der Waals surface area contributed by atoms with Crippen LogP contribution in [0, 0.1) is 13.2 Å². The van der Waals surface area contributed by atoms with Crippen molar-refractivity contribution in [1.29, 1.82) is 0 Å². The van der Waals surface area contributed by atoms with Crippen LogP contribution in [-0.4, -0.2) is 0 Å². The first-order chi connectivity index (χ1) is 7.83. The second-order valence-electron chi connectivity index (χ2n) is 3.53. The molecule has 0 bridgehead atoms. The molecular formula is C16H27ClRh. The van der Waals surface area contributed by atoms with Gasteiger partial charge in [0.05, 0.1) is 0 Å². The summed E-state index contributed by atoms with van der Waals surface area (Å²) in [6.45, 7) is 14.6. The molecule has 18 heavy (non-hydrogen) atoms. The number of allylic oxidation sites excluding steroid dienone is 6. The number of hydrogen-bond acceptors (Lipinski definition) is 0. The standard InChI is InChI=1S/2C8H13.ClH.Rh/c2*1-3-5-7-8-6-4-2;;/h2*1,3,5,7H,4,6,8H2,2H3;1H;/q2*-1;;+2. The predicted molar refractivity (Wildman–Crippen MR) is 82.3 cm³/mol. The van der Waals surface area contributed by atoms with Crippen LogP contribution in [0.2, 0.25) is 0 Å². The molecule has 0 amide bonds. The van der Waals surface area contributed by atoms with Crippen LogP contribution in [0.4, 0.5) is 0 Å². The minimum Gasteiger partial charge on any atom is -0.293 e. The van der Waals surface area contributed by atoms with Gasteiger partial charge in [-0.15, -0.1) is 12.4 Å². The Labute approximate surface area is 133 Å². The topological polar surface area (TPSA) is 0 Å². The molecule has 0 heterocycles. The normalized spacial score (nSPS) is 9.00. The predicted octanol–water partition coefficient (Wildman–Crippen LogP) is 5.86. The smallest absolute Gasteiger partial charge is 0.293 e. The van der Waals surface area contributed by atoms with Gasteiger partial charge in [-0.3, -0.25) is 13.2 Å². The summed E-state index contributed by atoms with van der Waals surface area (Å²) >= 11 is 0. The molecule has 1 radical (unpaired) electrons. The van der Waals surface area contributed by atoms with Crippen LogP contribution >= 0.6 is 12.4 Å². The van der Waals surface area contributed by atoms with Gasteiger partial charge in [0.25, 0.3) is 0 Å². The number of rotatable bonds is 8. The summed E-state index contributed by atoms with van der Waals surface area (Å²) in [5.41, 5.74) is 0. The van der Waals surface area contributed by atoms with Gasteiger partial charge in [0.2, 0.25) is 0 Å². The monoisotopic (exact) mass is 357 g/mol. The van der Waals surface area contributed by atoms with Crippen molar-refractivity contribution in [3.63, 3.8) is 0 Å². The van der Waals surface area contributed by atoms with Gasteiger partial charge in [0.1, 0.15) is 0 Å². The molecule has 0 aromatic carbocycles. The molecule has 0 atom stereocenters. The Morgan fingerprint density at radius 1 is 0.778 bits per heavy atom. The van der Waals surface area contributed by atoms with Crippen LogP contribution < -0.4 is 0 Å². The summed E-state index contributed by atoms with van der Waals surface area (Å²) in [6.07, 6.45) is 18.4. The van der Waals surface area contributed by atoms with Gasteiger partial charge in [-0.05, 0) is 0 Å². The van der Waals surface area contributed by atoms with E-state index >= 15 is 0 Å². The maximum atomic E-state index is 5.10. The summed E-state index contributed by atoms with van der Waals surface area (Å²) in [5, 5.41) is 0. The van der Waals surface area contributed by atoms with Crippen molar-refractivity contribution in [2.45, 2.75) is 52.4 Å². The SMILES string of the molecule is Cl.[CH-]=CC=CCCCC.[CH-]=CC=CCCCC.[Rh+2]. The Morgan fingerprint density at radius 3 is 1.33 bits per heavy atom. The largest absolute Gasteiger partial charge is 2.00 e. The van der Waals surface area contributed by atoms with Gasteiger partial charge < -0.3 is 0 Å². The van der Waals surface area contributed by atoms with Crippen molar-refractivity contribution >= 4 is 12.4 Å². The average Bonchev–Trinajstić information content (AvgIpc) is 2.31. The van der Waals surface area contributed by atoms with Crippen LogP contribution in [-0.2, 0) is 19.5 Å². The van der Waals surface area contributed by atoms with E-state index in [0.717, 1.165) is 12.8 Å². The minimum absolute atomic E-state index is 0. The van der Waals surface area contributed by atoms with E-state index < -0.39 is 0 Å². The Bertz CT molecular complexity index is 173. The molecular weight excluding hydrogens is 331 g/mol. The number of halogens is 1. The minimum atomic E-state index is 0. The first-order valence-electron chi connectivity index (χ1n) is 6.23. The van der Waals surface area contributed by atoms with Gasteiger partial charge in [-0.25, -0.2) is 24.3 Å². The van der Waals surface area contributed by atoms with Crippen LogP contribution in [0.25, 0.3) is 0 Å². The van der Waals surface area contributed by atoms with Crippen molar-refractivity contribution in [3.05, 3.63) is 49.6 Å². The van der Waals surface area contributed by atoms with E-state index in [0.29, 0.717) is 0 Å². The van der Waals surface area contributed by atoms with Gasteiger partial charge in [0, 0.05) is 0 Å². The molecule has 0 N–H and O–H groups in total. The van der Waals surface area contributed by atoms with Crippen molar-refractivity contribution in [1.82, 2.24) is 0 Å². The molecule has 0 rings (SSSR count). The summed E-state index contributed by atoms with van der Waals surface area (Å²) < 4.78 is 0. The Morgan fingerprint density at radius 2 is 1.11 bits per heavy atom. The molecule has 0 aromatic rings. The van der Waals surface area contributed by atoms with E-state index in [9.17, 15) is 0 Å². The molecule has 0 fully saturated rings. The van der Waals surface area contributed by atoms with E-state index in [1.807, 2.05) is 12.2 Å². The fourth-order valence-electron chi connectivity index (χ4n) is 0.994. The second-order valence-corrected chi connectivity index (χ2v) is 3.53. The third-order valence-corrected chi connectivity index (χ3v) is 1.94. The van der Waals surface area contributed by atoms with Crippen LogP contribution in [0.1, 0.15) is 52.4 Å². The maximum Gasteiger partial charge on any atom is 2.00 e. The second kappa shape index (κ2) is 30.2. The zero-order valence-corrected chi connectivity index (χ0v) is 14.1. The number of unbranched alkanes of at least 4 members (excludes halogenated alkanes) is 4. The van der Waals surface area contributed by atoms with Crippen molar-refractivity contribution < 1.29 is 19.5 Å². The fraction of sp³-hybridized carbons (Fsp3) is 0.500. The summed E-state index contributed by atoms with van der Waals surface area (Å²) in [7, 11) is 0. The molecule has 0 aliphatic rings.